The van der Waals surface area contributed by atoms with E-state index in [2.05, 4.69) is 50.8 Å². The predicted octanol–water partition coefficient (Wildman–Crippen LogP) is 3.70. The van der Waals surface area contributed by atoms with Crippen LogP contribution in [0, 0.1) is 11.8 Å². The molecule has 5 aliphatic rings. The van der Waals surface area contributed by atoms with E-state index < -0.39 is 0 Å². The van der Waals surface area contributed by atoms with Crippen molar-refractivity contribution in [2.75, 3.05) is 49.9 Å². The average molecular weight is 657 g/mol. The molecule has 2 fully saturated rings. The van der Waals surface area contributed by atoms with Gasteiger partial charge in [0.15, 0.2) is 0 Å². The molecule has 49 heavy (non-hydrogen) atoms. The average Bonchev–Trinajstić information content (AvgIpc) is 3.44. The van der Waals surface area contributed by atoms with Gasteiger partial charge in [-0.1, -0.05) is 30.3 Å². The molecule has 2 N–H and O–H groups in total. The maximum atomic E-state index is 13.4. The van der Waals surface area contributed by atoms with Crippen molar-refractivity contribution in [1.82, 2.24) is 18.9 Å². The fourth-order valence-electron chi connectivity index (χ4n) is 9.48. The van der Waals surface area contributed by atoms with Gasteiger partial charge in [-0.05, 0) is 78.1 Å². The number of rotatable bonds is 6. The summed E-state index contributed by atoms with van der Waals surface area (Å²) in [6.45, 7) is 5.23. The van der Waals surface area contributed by atoms with E-state index in [1.807, 2.05) is 39.5 Å². The van der Waals surface area contributed by atoms with Gasteiger partial charge in [0.05, 0.1) is 13.1 Å². The minimum Gasteiger partial charge on any atom is -0.325 e. The van der Waals surface area contributed by atoms with Crippen molar-refractivity contribution in [3.05, 3.63) is 116 Å². The largest absolute Gasteiger partial charge is 0.325 e. The Balaban J connectivity index is 0.843. The molecule has 10 heteroatoms. The second-order valence-electron chi connectivity index (χ2n) is 14.8. The second-order valence-corrected chi connectivity index (χ2v) is 14.8. The Hall–Kier alpha value is -4.80. The van der Waals surface area contributed by atoms with Crippen molar-refractivity contribution in [2.45, 2.75) is 44.2 Å². The summed E-state index contributed by atoms with van der Waals surface area (Å²) in [6, 6.07) is 23.2. The number of piperidine rings is 2. The maximum Gasteiger partial charge on any atom is 0.250 e. The van der Waals surface area contributed by atoms with Crippen LogP contribution in [-0.2, 0) is 29.1 Å². The topological polar surface area (TPSA) is 109 Å². The zero-order valence-corrected chi connectivity index (χ0v) is 27.4. The number of pyridine rings is 2. The van der Waals surface area contributed by atoms with E-state index in [4.69, 9.17) is 0 Å². The summed E-state index contributed by atoms with van der Waals surface area (Å²) in [5, 5.41) is 6.34. The number of benzene rings is 2. The first kappa shape index (κ1) is 30.3. The molecule has 0 radical (unpaired) electrons. The number of likely N-dealkylation sites (tertiary alicyclic amines) is 2. The number of carbonyl (C=O) groups is 2. The summed E-state index contributed by atoms with van der Waals surface area (Å²) in [5.74, 6) is 1.20. The molecule has 9 rings (SSSR count). The molecular weight excluding hydrogens is 616 g/mol. The highest BCUT2D eigenvalue weighted by molar-refractivity contribution is 5.99. The SMILES string of the molecule is O=C(CN1CC2CC(C1)c1cccc(=O)n1C2)Nc1ccc2c(c1)Cc1cccc(NC(=O)CN3CC4CC(C3)c3cccc(=O)n3C4)c1-2. The first-order chi connectivity index (χ1) is 23.8. The standard InChI is InChI=1S/C39H40N6O4/c46-35(22-42-16-24-12-28(20-42)33-6-2-8-37(48)44(33)18-24)40-30-10-11-31-27(15-30)14-26-4-1-5-32(39(26)31)41-36(47)23-43-17-25-13-29(21-43)34-7-3-9-38(49)45(34)19-25/h1-11,15,24-25,28-29H,12-14,16-23H2,(H,40,46)(H,41,47). The summed E-state index contributed by atoms with van der Waals surface area (Å²) in [5.41, 5.74) is 8.30. The smallest absolute Gasteiger partial charge is 0.250 e. The highest BCUT2D eigenvalue weighted by atomic mass is 16.2. The zero-order chi connectivity index (χ0) is 33.2. The van der Waals surface area contributed by atoms with Crippen LogP contribution in [0.1, 0.15) is 47.2 Å². The highest BCUT2D eigenvalue weighted by Crippen LogP contribution is 2.43. The van der Waals surface area contributed by atoms with Gasteiger partial charge < -0.3 is 19.8 Å². The summed E-state index contributed by atoms with van der Waals surface area (Å²) >= 11 is 0. The summed E-state index contributed by atoms with van der Waals surface area (Å²) in [7, 11) is 0. The van der Waals surface area contributed by atoms with Crippen molar-refractivity contribution >= 4 is 23.2 Å². The number of anilines is 2. The van der Waals surface area contributed by atoms with E-state index in [1.165, 1.54) is 0 Å². The van der Waals surface area contributed by atoms with Crippen molar-refractivity contribution in [1.29, 1.82) is 0 Å². The summed E-state index contributed by atoms with van der Waals surface area (Å²) in [4.78, 5) is 55.9. The number of hydrogen-bond acceptors (Lipinski definition) is 6. The quantitative estimate of drug-likeness (QED) is 0.289. The molecule has 4 atom stereocenters. The fourth-order valence-corrected chi connectivity index (χ4v) is 9.48. The van der Waals surface area contributed by atoms with Gasteiger partial charge in [0.25, 0.3) is 11.1 Å². The van der Waals surface area contributed by atoms with E-state index in [0.29, 0.717) is 31.5 Å². The Bertz CT molecular complexity index is 2120. The van der Waals surface area contributed by atoms with Crippen molar-refractivity contribution in [3.63, 3.8) is 0 Å². The van der Waals surface area contributed by atoms with Gasteiger partial charge in [0.1, 0.15) is 0 Å². The molecule has 4 bridgehead atoms. The minimum absolute atomic E-state index is 0.0337. The Morgan fingerprint density at radius 2 is 1.22 bits per heavy atom. The predicted molar refractivity (Wildman–Crippen MR) is 188 cm³/mol. The van der Waals surface area contributed by atoms with Crippen LogP contribution in [0.15, 0.2) is 82.4 Å². The summed E-state index contributed by atoms with van der Waals surface area (Å²) < 4.78 is 3.83. The lowest BCUT2D eigenvalue weighted by Gasteiger charge is -2.42. The van der Waals surface area contributed by atoms with E-state index in [9.17, 15) is 19.2 Å². The van der Waals surface area contributed by atoms with Crippen molar-refractivity contribution in [2.24, 2.45) is 11.8 Å². The number of aromatic nitrogens is 2. The number of nitrogens with zero attached hydrogens (tertiary/aromatic N) is 4. The number of nitrogens with one attached hydrogen (secondary N) is 2. The molecule has 4 aromatic rings. The van der Waals surface area contributed by atoms with Gasteiger partial charge in [0.2, 0.25) is 11.8 Å². The third-order valence-corrected chi connectivity index (χ3v) is 11.3. The lowest BCUT2D eigenvalue weighted by molar-refractivity contribution is -0.118. The van der Waals surface area contributed by atoms with Crippen LogP contribution in [0.2, 0.25) is 0 Å². The van der Waals surface area contributed by atoms with Crippen molar-refractivity contribution in [3.8, 4) is 11.1 Å². The molecule has 10 nitrogen and oxygen atoms in total. The molecular formula is C39H40N6O4. The fraction of sp³-hybridized carbons (Fsp3) is 0.385. The number of hydrogen-bond donors (Lipinski definition) is 2. The van der Waals surface area contributed by atoms with Crippen LogP contribution in [0.5, 0.6) is 0 Å². The maximum absolute atomic E-state index is 13.4. The molecule has 6 heterocycles. The molecule has 2 saturated heterocycles. The number of carbonyl (C=O) groups excluding carboxylic acids is 2. The Labute approximate surface area is 284 Å². The van der Waals surface area contributed by atoms with Gasteiger partial charge in [-0.2, -0.15) is 0 Å². The first-order valence-corrected chi connectivity index (χ1v) is 17.5. The van der Waals surface area contributed by atoms with Crippen LogP contribution < -0.4 is 21.8 Å². The van der Waals surface area contributed by atoms with Gasteiger partial charge in [-0.25, -0.2) is 0 Å². The highest BCUT2D eigenvalue weighted by Gasteiger charge is 2.36. The molecule has 2 aromatic carbocycles. The van der Waals surface area contributed by atoms with E-state index in [0.717, 1.165) is 97.0 Å². The van der Waals surface area contributed by atoms with Gasteiger partial charge in [-0.3, -0.25) is 29.0 Å². The van der Waals surface area contributed by atoms with E-state index in [-0.39, 0.29) is 34.8 Å². The molecule has 0 saturated carbocycles. The lowest BCUT2D eigenvalue weighted by atomic mass is 9.83. The van der Waals surface area contributed by atoms with Gasteiger partial charge >= 0.3 is 0 Å². The molecule has 0 spiro atoms. The number of fused-ring (bicyclic) bond motifs is 11. The molecule has 2 aromatic heterocycles. The zero-order valence-electron chi connectivity index (χ0n) is 27.4. The Morgan fingerprint density at radius 1 is 0.633 bits per heavy atom. The molecule has 1 aliphatic carbocycles. The van der Waals surface area contributed by atoms with Gasteiger partial charge in [0, 0.05) is 91.6 Å². The van der Waals surface area contributed by atoms with Crippen LogP contribution in [0.3, 0.4) is 0 Å². The molecule has 2 amide bonds. The molecule has 4 aliphatic heterocycles. The molecule has 250 valence electrons. The second kappa shape index (κ2) is 12.0. The minimum atomic E-state index is -0.0359. The Kier molecular flexibility index (Phi) is 7.39. The van der Waals surface area contributed by atoms with E-state index >= 15 is 0 Å². The van der Waals surface area contributed by atoms with Crippen LogP contribution in [-0.4, -0.2) is 70.0 Å². The summed E-state index contributed by atoms with van der Waals surface area (Å²) in [6.07, 6.45) is 2.86. The molecule has 4 unspecified atom stereocenters. The lowest BCUT2D eigenvalue weighted by Crippen LogP contribution is -2.49. The van der Waals surface area contributed by atoms with Crippen LogP contribution in [0.4, 0.5) is 11.4 Å². The van der Waals surface area contributed by atoms with Crippen LogP contribution >= 0.6 is 0 Å². The van der Waals surface area contributed by atoms with Gasteiger partial charge in [-0.15, -0.1) is 0 Å². The van der Waals surface area contributed by atoms with Crippen molar-refractivity contribution < 1.29 is 9.59 Å². The monoisotopic (exact) mass is 656 g/mol. The van der Waals surface area contributed by atoms with Crippen LogP contribution in [0.25, 0.3) is 11.1 Å². The number of amides is 2. The third-order valence-electron chi connectivity index (χ3n) is 11.3. The van der Waals surface area contributed by atoms with E-state index in [1.54, 1.807) is 12.1 Å². The Morgan fingerprint density at radius 3 is 1.86 bits per heavy atom. The first-order valence-electron chi connectivity index (χ1n) is 17.5. The normalized spacial score (nSPS) is 23.5. The third kappa shape index (κ3) is 5.62.